The topological polar surface area (TPSA) is 70.7 Å². The number of morpholine rings is 1. The number of amides is 2. The molecule has 6 heteroatoms. The third-order valence-corrected chi connectivity index (χ3v) is 3.12. The molecule has 0 aromatic heterocycles. The molecule has 1 atom stereocenters. The minimum absolute atomic E-state index is 0.0196. The van der Waals surface area contributed by atoms with Crippen LogP contribution in [0.2, 0.25) is 0 Å². The number of ether oxygens (including phenoxy) is 1. The van der Waals surface area contributed by atoms with Gasteiger partial charge < -0.3 is 20.3 Å². The van der Waals surface area contributed by atoms with E-state index in [2.05, 4.69) is 10.6 Å². The van der Waals surface area contributed by atoms with Gasteiger partial charge in [-0.25, -0.2) is 0 Å². The highest BCUT2D eigenvalue weighted by Crippen LogP contribution is 2.18. The van der Waals surface area contributed by atoms with Gasteiger partial charge in [-0.2, -0.15) is 0 Å². The number of rotatable bonds is 4. The summed E-state index contributed by atoms with van der Waals surface area (Å²) in [5.41, 5.74) is 0. The number of hydrogen-bond acceptors (Lipinski definition) is 4. The van der Waals surface area contributed by atoms with Crippen molar-refractivity contribution in [3.8, 4) is 0 Å². The number of nitrogens with one attached hydrogen (secondary N) is 2. The second-order valence-electron chi connectivity index (χ2n) is 4.45. The highest BCUT2D eigenvalue weighted by atomic mass is 16.5. The SMILES string of the molecule is CNC(=O)C1COCCN1C(=O)CNC1CC1. The highest BCUT2D eigenvalue weighted by molar-refractivity contribution is 5.88. The second kappa shape index (κ2) is 5.46. The van der Waals surface area contributed by atoms with Crippen LogP contribution >= 0.6 is 0 Å². The molecule has 0 radical (unpaired) electrons. The maximum Gasteiger partial charge on any atom is 0.244 e. The molecular formula is C11H19N3O3. The molecule has 1 heterocycles. The number of nitrogens with zero attached hydrogens (tertiary/aromatic N) is 1. The summed E-state index contributed by atoms with van der Waals surface area (Å²) < 4.78 is 5.25. The number of carbonyl (C=O) groups is 2. The highest BCUT2D eigenvalue weighted by Gasteiger charge is 2.32. The maximum absolute atomic E-state index is 12.0. The fourth-order valence-corrected chi connectivity index (χ4v) is 1.91. The van der Waals surface area contributed by atoms with Crippen molar-refractivity contribution in [3.05, 3.63) is 0 Å². The fraction of sp³-hybridized carbons (Fsp3) is 0.818. The van der Waals surface area contributed by atoms with Gasteiger partial charge in [0.05, 0.1) is 19.8 Å². The van der Waals surface area contributed by atoms with Crippen molar-refractivity contribution >= 4 is 11.8 Å². The average Bonchev–Trinajstić information content (AvgIpc) is 3.19. The van der Waals surface area contributed by atoms with Gasteiger partial charge >= 0.3 is 0 Å². The Kier molecular flexibility index (Phi) is 3.96. The number of hydrogen-bond donors (Lipinski definition) is 2. The van der Waals surface area contributed by atoms with Gasteiger partial charge in [-0.3, -0.25) is 9.59 Å². The van der Waals surface area contributed by atoms with Gasteiger partial charge in [0.25, 0.3) is 0 Å². The van der Waals surface area contributed by atoms with Crippen molar-refractivity contribution in [1.29, 1.82) is 0 Å². The predicted molar refractivity (Wildman–Crippen MR) is 61.4 cm³/mol. The molecular weight excluding hydrogens is 222 g/mol. The molecule has 96 valence electrons. The van der Waals surface area contributed by atoms with E-state index >= 15 is 0 Å². The van der Waals surface area contributed by atoms with Crippen LogP contribution in [0.25, 0.3) is 0 Å². The van der Waals surface area contributed by atoms with Crippen molar-refractivity contribution in [1.82, 2.24) is 15.5 Å². The largest absolute Gasteiger partial charge is 0.377 e. The van der Waals surface area contributed by atoms with Crippen molar-refractivity contribution in [2.24, 2.45) is 0 Å². The van der Waals surface area contributed by atoms with Gasteiger partial charge in [0.15, 0.2) is 0 Å². The van der Waals surface area contributed by atoms with Gasteiger partial charge in [0.2, 0.25) is 11.8 Å². The van der Waals surface area contributed by atoms with Gasteiger partial charge in [0, 0.05) is 19.6 Å². The Balaban J connectivity index is 1.89. The first-order valence-corrected chi connectivity index (χ1v) is 6.04. The summed E-state index contributed by atoms with van der Waals surface area (Å²) in [6.07, 6.45) is 2.30. The van der Waals surface area contributed by atoms with Gasteiger partial charge in [-0.15, -0.1) is 0 Å². The Morgan fingerprint density at radius 3 is 2.82 bits per heavy atom. The minimum Gasteiger partial charge on any atom is -0.377 e. The zero-order chi connectivity index (χ0) is 12.3. The Bertz CT molecular complexity index is 304. The van der Waals surface area contributed by atoms with E-state index in [1.54, 1.807) is 11.9 Å². The molecule has 17 heavy (non-hydrogen) atoms. The van der Waals surface area contributed by atoms with Crippen LogP contribution in [0.15, 0.2) is 0 Å². The summed E-state index contributed by atoms with van der Waals surface area (Å²) in [5, 5.41) is 5.73. The van der Waals surface area contributed by atoms with Crippen LogP contribution < -0.4 is 10.6 Å². The average molecular weight is 241 g/mol. The minimum atomic E-state index is -0.484. The zero-order valence-electron chi connectivity index (χ0n) is 10.1. The Morgan fingerprint density at radius 2 is 2.18 bits per heavy atom. The van der Waals surface area contributed by atoms with E-state index in [0.29, 0.717) is 25.7 Å². The molecule has 0 aromatic rings. The molecule has 2 N–H and O–H groups in total. The van der Waals surface area contributed by atoms with Gasteiger partial charge in [-0.05, 0) is 12.8 Å². The molecule has 2 fully saturated rings. The van der Waals surface area contributed by atoms with Crippen molar-refractivity contribution in [2.45, 2.75) is 24.9 Å². The van der Waals surface area contributed by atoms with Crippen molar-refractivity contribution < 1.29 is 14.3 Å². The molecule has 1 aliphatic heterocycles. The first kappa shape index (κ1) is 12.3. The first-order chi connectivity index (χ1) is 8.22. The van der Waals surface area contributed by atoms with E-state index in [9.17, 15) is 9.59 Å². The normalized spacial score (nSPS) is 24.5. The van der Waals surface area contributed by atoms with Crippen LogP contribution in [0.4, 0.5) is 0 Å². The van der Waals surface area contributed by atoms with Crippen molar-refractivity contribution in [2.75, 3.05) is 33.4 Å². The fourth-order valence-electron chi connectivity index (χ4n) is 1.91. The predicted octanol–water partition coefficient (Wildman–Crippen LogP) is -1.29. The lowest BCUT2D eigenvalue weighted by molar-refractivity contribution is -0.147. The molecule has 2 amide bonds. The number of likely N-dealkylation sites (N-methyl/N-ethyl adjacent to an activating group) is 1. The van der Waals surface area contributed by atoms with E-state index in [0.717, 1.165) is 12.8 Å². The molecule has 2 aliphatic rings. The first-order valence-electron chi connectivity index (χ1n) is 6.04. The summed E-state index contributed by atoms with van der Waals surface area (Å²) in [6.45, 7) is 1.60. The van der Waals surface area contributed by atoms with E-state index in [4.69, 9.17) is 4.74 Å². The van der Waals surface area contributed by atoms with Gasteiger partial charge in [-0.1, -0.05) is 0 Å². The molecule has 0 spiro atoms. The monoisotopic (exact) mass is 241 g/mol. The molecule has 2 rings (SSSR count). The quantitative estimate of drug-likeness (QED) is 0.642. The Morgan fingerprint density at radius 1 is 1.41 bits per heavy atom. The molecule has 0 aromatic carbocycles. The Labute approximate surface area is 101 Å². The zero-order valence-corrected chi connectivity index (χ0v) is 10.1. The molecule has 6 nitrogen and oxygen atoms in total. The van der Waals surface area contributed by atoms with Crippen LogP contribution in [0.1, 0.15) is 12.8 Å². The lowest BCUT2D eigenvalue weighted by Gasteiger charge is -2.34. The maximum atomic E-state index is 12.0. The van der Waals surface area contributed by atoms with Crippen LogP contribution in [0.3, 0.4) is 0 Å². The van der Waals surface area contributed by atoms with Crippen molar-refractivity contribution in [3.63, 3.8) is 0 Å². The van der Waals surface area contributed by atoms with Gasteiger partial charge in [0.1, 0.15) is 6.04 Å². The van der Waals surface area contributed by atoms with Crippen LogP contribution in [0, 0.1) is 0 Å². The standard InChI is InChI=1S/C11H19N3O3/c1-12-11(16)9-7-17-5-4-14(9)10(15)6-13-8-2-3-8/h8-9,13H,2-7H2,1H3,(H,12,16). The summed E-state index contributed by atoms with van der Waals surface area (Å²) in [5.74, 6) is -0.182. The smallest absolute Gasteiger partial charge is 0.244 e. The molecule has 1 saturated heterocycles. The van der Waals surface area contributed by atoms with E-state index in [1.165, 1.54) is 0 Å². The van der Waals surface area contributed by atoms with Crippen LogP contribution in [-0.2, 0) is 14.3 Å². The number of carbonyl (C=O) groups excluding carboxylic acids is 2. The van der Waals surface area contributed by atoms with E-state index < -0.39 is 6.04 Å². The third kappa shape index (κ3) is 3.17. The second-order valence-corrected chi connectivity index (χ2v) is 4.45. The van der Waals surface area contributed by atoms with E-state index in [-0.39, 0.29) is 18.4 Å². The summed E-state index contributed by atoms with van der Waals surface area (Å²) in [6, 6.07) is 0.0145. The van der Waals surface area contributed by atoms with Crippen LogP contribution in [-0.4, -0.2) is 62.1 Å². The lowest BCUT2D eigenvalue weighted by Crippen LogP contribution is -2.57. The van der Waals surface area contributed by atoms with E-state index in [1.807, 2.05) is 0 Å². The molecule has 0 bridgehead atoms. The molecule has 1 aliphatic carbocycles. The summed E-state index contributed by atoms with van der Waals surface area (Å²) in [4.78, 5) is 25.2. The third-order valence-electron chi connectivity index (χ3n) is 3.12. The summed E-state index contributed by atoms with van der Waals surface area (Å²) in [7, 11) is 1.57. The lowest BCUT2D eigenvalue weighted by atomic mass is 10.2. The summed E-state index contributed by atoms with van der Waals surface area (Å²) >= 11 is 0. The van der Waals surface area contributed by atoms with Crippen LogP contribution in [0.5, 0.6) is 0 Å². The molecule has 1 unspecified atom stereocenters. The molecule has 1 saturated carbocycles. The Hall–Kier alpha value is -1.14.